The summed E-state index contributed by atoms with van der Waals surface area (Å²) in [6, 6.07) is 7.31. The zero-order valence-corrected chi connectivity index (χ0v) is 22.9. The van der Waals surface area contributed by atoms with Gasteiger partial charge in [-0.3, -0.25) is 4.90 Å². The second-order valence-corrected chi connectivity index (χ2v) is 13.1. The number of nitrogens with zero attached hydrogens (tertiary/aromatic N) is 2. The van der Waals surface area contributed by atoms with Gasteiger partial charge in [0.25, 0.3) is 0 Å². The van der Waals surface area contributed by atoms with Crippen LogP contribution in [0.3, 0.4) is 0 Å². The minimum atomic E-state index is -6.27. The second kappa shape index (κ2) is 9.43. The first-order valence-electron chi connectivity index (χ1n) is 11.8. The van der Waals surface area contributed by atoms with Crippen LogP contribution in [0, 0.1) is 3.57 Å². The molecule has 1 aliphatic heterocycles. The highest BCUT2D eigenvalue weighted by atomic mass is 127. The van der Waals surface area contributed by atoms with Crippen molar-refractivity contribution in [3.05, 3.63) is 80.9 Å². The Labute approximate surface area is 232 Å². The molecule has 0 saturated carbocycles. The number of halogens is 8. The predicted molar refractivity (Wildman–Crippen MR) is 135 cm³/mol. The van der Waals surface area contributed by atoms with E-state index in [0.717, 1.165) is 9.64 Å². The number of rotatable bonds is 5. The number of sulfone groups is 1. The number of aromatic nitrogens is 2. The van der Waals surface area contributed by atoms with Gasteiger partial charge >= 0.3 is 18.0 Å². The van der Waals surface area contributed by atoms with Crippen molar-refractivity contribution < 1.29 is 39.2 Å². The summed E-state index contributed by atoms with van der Waals surface area (Å²) in [5, 5.41) is 0. The van der Waals surface area contributed by atoms with Gasteiger partial charge in [0.15, 0.2) is 9.84 Å². The summed E-state index contributed by atoms with van der Waals surface area (Å²) < 4.78 is 124. The molecule has 2 aliphatic rings. The van der Waals surface area contributed by atoms with Gasteiger partial charge in [-0.1, -0.05) is 18.2 Å². The summed E-state index contributed by atoms with van der Waals surface area (Å²) in [5.74, 6) is 0.580. The number of H-pyrrole nitrogens is 1. The molecule has 1 aromatic heterocycles. The summed E-state index contributed by atoms with van der Waals surface area (Å²) in [5.41, 5.74) is -7.18. The number of aryl methyl sites for hydroxylation is 1. The first kappa shape index (κ1) is 28.3. The average molecular weight is 687 g/mol. The van der Waals surface area contributed by atoms with E-state index in [1.54, 1.807) is 24.5 Å². The molecular formula is C25H21F7IN3O2S. The number of alkyl halides is 7. The number of hydrogen-bond donors (Lipinski definition) is 1. The van der Waals surface area contributed by atoms with E-state index >= 15 is 0 Å². The third-order valence-corrected chi connectivity index (χ3v) is 11.0. The van der Waals surface area contributed by atoms with Gasteiger partial charge in [-0.2, -0.15) is 26.3 Å². The highest BCUT2D eigenvalue weighted by Crippen LogP contribution is 2.56. The zero-order chi connectivity index (χ0) is 28.4. The molecule has 210 valence electrons. The molecule has 14 heteroatoms. The normalized spacial score (nSPS) is 22.5. The zero-order valence-electron chi connectivity index (χ0n) is 20.0. The van der Waals surface area contributed by atoms with Crippen molar-refractivity contribution >= 4 is 32.4 Å². The van der Waals surface area contributed by atoms with E-state index in [0.29, 0.717) is 18.0 Å². The number of likely N-dealkylation sites (tertiary alicyclic amines) is 1. The van der Waals surface area contributed by atoms with Crippen LogP contribution in [-0.4, -0.2) is 48.2 Å². The van der Waals surface area contributed by atoms with Crippen LogP contribution in [0.15, 0.2) is 59.8 Å². The van der Waals surface area contributed by atoms with Crippen LogP contribution >= 0.6 is 22.6 Å². The molecule has 1 aliphatic carbocycles. The van der Waals surface area contributed by atoms with Crippen LogP contribution in [0.2, 0.25) is 0 Å². The molecule has 1 saturated heterocycles. The van der Waals surface area contributed by atoms with E-state index in [2.05, 4.69) is 9.97 Å². The Bertz CT molecular complexity index is 1460. The van der Waals surface area contributed by atoms with Gasteiger partial charge in [-0.05, 0) is 77.2 Å². The fourth-order valence-electron chi connectivity index (χ4n) is 5.91. The molecule has 0 amide bonds. The topological polar surface area (TPSA) is 66.1 Å². The summed E-state index contributed by atoms with van der Waals surface area (Å²) in [6.07, 6.45) is -9.25. The SMILES string of the molecule is O=S(=O)(c1ccc(I)cc1)[C@@]12CCN(Cc3ncc[nH]3)[C@@H]1CCc1cc(C(F)(C(F)(F)F)C(F)(F)F)ccc12. The van der Waals surface area contributed by atoms with Gasteiger partial charge in [0.1, 0.15) is 10.6 Å². The van der Waals surface area contributed by atoms with E-state index < -0.39 is 44.2 Å². The van der Waals surface area contributed by atoms with Gasteiger partial charge < -0.3 is 4.98 Å². The maximum Gasteiger partial charge on any atom is 0.435 e. The van der Waals surface area contributed by atoms with E-state index in [4.69, 9.17) is 0 Å². The Balaban J connectivity index is 1.69. The third-order valence-electron chi connectivity index (χ3n) is 7.69. The minimum absolute atomic E-state index is 0.0184. The molecule has 2 heterocycles. The molecule has 5 nitrogen and oxygen atoms in total. The van der Waals surface area contributed by atoms with Crippen molar-refractivity contribution in [3.8, 4) is 0 Å². The van der Waals surface area contributed by atoms with Crippen LogP contribution in [0.1, 0.15) is 35.4 Å². The number of imidazole rings is 1. The Morgan fingerprint density at radius 1 is 1.03 bits per heavy atom. The lowest BCUT2D eigenvalue weighted by molar-refractivity contribution is -0.348. The Morgan fingerprint density at radius 3 is 2.28 bits per heavy atom. The van der Waals surface area contributed by atoms with Crippen molar-refractivity contribution in [3.63, 3.8) is 0 Å². The first-order chi connectivity index (χ1) is 18.1. The maximum absolute atomic E-state index is 14.9. The van der Waals surface area contributed by atoms with Crippen LogP contribution < -0.4 is 0 Å². The lowest BCUT2D eigenvalue weighted by Crippen LogP contribution is -2.52. The molecule has 0 spiro atoms. The van der Waals surface area contributed by atoms with Crippen LogP contribution in [0.4, 0.5) is 30.7 Å². The second-order valence-electron chi connectivity index (χ2n) is 9.68. The standard InChI is InChI=1S/C25H21F7IN3O2S/c26-23(24(27,28)29,25(30,31)32)16-2-7-19-15(13-16)1-8-20-22(19,9-12-36(20)14-21-34-10-11-35-21)39(37,38)18-5-3-17(33)4-6-18/h2-7,10-11,13,20H,1,8-9,12,14H2,(H,34,35)/t20-,22-/m1/s1. The van der Waals surface area contributed by atoms with E-state index in [9.17, 15) is 39.2 Å². The summed E-state index contributed by atoms with van der Waals surface area (Å²) in [7, 11) is -4.22. The Morgan fingerprint density at radius 2 is 1.69 bits per heavy atom. The molecule has 2 atom stereocenters. The van der Waals surface area contributed by atoms with Crippen molar-refractivity contribution in [1.82, 2.24) is 14.9 Å². The van der Waals surface area contributed by atoms with Gasteiger partial charge in [0, 0.05) is 34.1 Å². The van der Waals surface area contributed by atoms with E-state index in [-0.39, 0.29) is 48.4 Å². The highest BCUT2D eigenvalue weighted by Gasteiger charge is 2.73. The van der Waals surface area contributed by atoms with Crippen molar-refractivity contribution in [2.45, 2.75) is 59.5 Å². The molecule has 5 rings (SSSR count). The molecule has 0 bridgehead atoms. The molecule has 39 heavy (non-hydrogen) atoms. The molecule has 0 unspecified atom stereocenters. The summed E-state index contributed by atoms with van der Waals surface area (Å²) >= 11 is 2.01. The van der Waals surface area contributed by atoms with Gasteiger partial charge in [-0.15, -0.1) is 0 Å². The van der Waals surface area contributed by atoms with Crippen LogP contribution in [0.25, 0.3) is 0 Å². The fourth-order valence-corrected chi connectivity index (χ4v) is 8.66. The predicted octanol–water partition coefficient (Wildman–Crippen LogP) is 6.19. The molecular weight excluding hydrogens is 666 g/mol. The lowest BCUT2D eigenvalue weighted by atomic mass is 9.77. The van der Waals surface area contributed by atoms with E-state index in [1.165, 1.54) is 12.1 Å². The number of fused-ring (bicyclic) bond motifs is 3. The number of aromatic amines is 1. The minimum Gasteiger partial charge on any atom is -0.348 e. The maximum atomic E-state index is 14.9. The summed E-state index contributed by atoms with van der Waals surface area (Å²) in [6.45, 7) is 0.555. The van der Waals surface area contributed by atoms with Crippen molar-refractivity contribution in [2.75, 3.05) is 6.54 Å². The first-order valence-corrected chi connectivity index (χ1v) is 14.4. The van der Waals surface area contributed by atoms with Gasteiger partial charge in [-0.25, -0.2) is 17.8 Å². The highest BCUT2D eigenvalue weighted by molar-refractivity contribution is 14.1. The van der Waals surface area contributed by atoms with E-state index in [1.807, 2.05) is 27.5 Å². The number of hydrogen-bond acceptors (Lipinski definition) is 4. The van der Waals surface area contributed by atoms with Crippen molar-refractivity contribution in [1.29, 1.82) is 0 Å². The lowest BCUT2D eigenvalue weighted by Gasteiger charge is -2.43. The molecule has 0 radical (unpaired) electrons. The quantitative estimate of drug-likeness (QED) is 0.257. The summed E-state index contributed by atoms with van der Waals surface area (Å²) in [4.78, 5) is 9.05. The Hall–Kier alpha value is -2.20. The molecule has 3 aromatic rings. The smallest absolute Gasteiger partial charge is 0.348 e. The third kappa shape index (κ3) is 4.28. The van der Waals surface area contributed by atoms with Gasteiger partial charge in [0.05, 0.1) is 11.4 Å². The molecule has 2 aromatic carbocycles. The fraction of sp³-hybridized carbons (Fsp3) is 0.400. The number of nitrogens with one attached hydrogen (secondary N) is 1. The van der Waals surface area contributed by atoms with Crippen LogP contribution in [-0.2, 0) is 33.2 Å². The molecule has 1 N–H and O–H groups in total. The number of benzene rings is 2. The monoisotopic (exact) mass is 687 g/mol. The molecule has 1 fully saturated rings. The largest absolute Gasteiger partial charge is 0.435 e. The Kier molecular flexibility index (Phi) is 6.85. The van der Waals surface area contributed by atoms with Crippen molar-refractivity contribution in [2.24, 2.45) is 0 Å². The average Bonchev–Trinajstić information content (AvgIpc) is 3.51. The van der Waals surface area contributed by atoms with Crippen LogP contribution in [0.5, 0.6) is 0 Å². The van der Waals surface area contributed by atoms with Gasteiger partial charge in [0.2, 0.25) is 0 Å².